The highest BCUT2D eigenvalue weighted by atomic mass is 15.7. The fourth-order valence-corrected chi connectivity index (χ4v) is 3.62. The first kappa shape index (κ1) is 27.8. The predicted molar refractivity (Wildman–Crippen MR) is 126 cm³/mol. The largest absolute Gasteiger partial charge is 0.243 e. The molecule has 0 aromatic heterocycles. The highest BCUT2D eigenvalue weighted by molar-refractivity contribution is 4.50. The molecule has 0 spiro atoms. The lowest BCUT2D eigenvalue weighted by molar-refractivity contribution is 0.354. The van der Waals surface area contributed by atoms with Gasteiger partial charge in [0.1, 0.15) is 0 Å². The number of hydrazine groups is 3. The quantitative estimate of drug-likeness (QED) is 0.254. The van der Waals surface area contributed by atoms with E-state index in [9.17, 15) is 0 Å². The molecule has 1 fully saturated rings. The molecule has 0 unspecified atom stereocenters. The molecule has 1 heterocycles. The second-order valence-corrected chi connectivity index (χ2v) is 8.47. The van der Waals surface area contributed by atoms with Crippen molar-refractivity contribution in [2.24, 2.45) is 0 Å². The van der Waals surface area contributed by atoms with Gasteiger partial charge in [0.2, 0.25) is 0 Å². The van der Waals surface area contributed by atoms with Crippen molar-refractivity contribution in [3.8, 4) is 0 Å². The van der Waals surface area contributed by atoms with Crippen LogP contribution in [-0.2, 0) is 0 Å². The molecule has 0 atom stereocenters. The van der Waals surface area contributed by atoms with Crippen LogP contribution in [0.5, 0.6) is 0 Å². The first-order chi connectivity index (χ1) is 13.9. The average molecular weight is 399 g/mol. The zero-order valence-corrected chi connectivity index (χ0v) is 19.6. The predicted octanol–water partition coefficient (Wildman–Crippen LogP) is 6.93. The number of hydrogen-bond donors (Lipinski definition) is 4. The van der Waals surface area contributed by atoms with Crippen LogP contribution in [0.3, 0.4) is 0 Å². The molecule has 1 aliphatic rings. The molecule has 0 aromatic carbocycles. The topological polar surface area (TPSA) is 48.1 Å². The van der Waals surface area contributed by atoms with Gasteiger partial charge in [0.15, 0.2) is 0 Å². The van der Waals surface area contributed by atoms with Crippen LogP contribution in [0.15, 0.2) is 0 Å². The second-order valence-electron chi connectivity index (χ2n) is 8.47. The van der Waals surface area contributed by atoms with Crippen molar-refractivity contribution >= 4 is 0 Å². The summed E-state index contributed by atoms with van der Waals surface area (Å²) in [5.41, 5.74) is 11.9. The molecule has 0 bridgehead atoms. The lowest BCUT2D eigenvalue weighted by Crippen LogP contribution is -2.51. The van der Waals surface area contributed by atoms with E-state index in [-0.39, 0.29) is 0 Å². The lowest BCUT2D eigenvalue weighted by atomic mass is 10.0. The van der Waals surface area contributed by atoms with Crippen molar-refractivity contribution < 1.29 is 0 Å². The minimum atomic E-state index is 1.04. The van der Waals surface area contributed by atoms with Crippen molar-refractivity contribution in [2.75, 3.05) is 13.1 Å². The molecule has 0 aromatic rings. The van der Waals surface area contributed by atoms with Crippen LogP contribution in [0.2, 0.25) is 0 Å². The monoisotopic (exact) mass is 398 g/mol. The van der Waals surface area contributed by atoms with Crippen LogP contribution < -0.4 is 21.9 Å². The van der Waals surface area contributed by atoms with Gasteiger partial charge >= 0.3 is 0 Å². The summed E-state index contributed by atoms with van der Waals surface area (Å²) in [7, 11) is 0. The molecule has 0 aliphatic carbocycles. The van der Waals surface area contributed by atoms with Gasteiger partial charge in [-0.1, -0.05) is 129 Å². The minimum absolute atomic E-state index is 1.04. The molecule has 0 saturated carbocycles. The zero-order valence-electron chi connectivity index (χ0n) is 19.6. The Morgan fingerprint density at radius 3 is 1.00 bits per heavy atom. The highest BCUT2D eigenvalue weighted by Gasteiger charge is 1.94. The van der Waals surface area contributed by atoms with Crippen molar-refractivity contribution in [3.63, 3.8) is 0 Å². The van der Waals surface area contributed by atoms with E-state index in [4.69, 9.17) is 0 Å². The Kier molecular flexibility index (Phi) is 26.7. The van der Waals surface area contributed by atoms with Gasteiger partial charge in [-0.3, -0.25) is 0 Å². The summed E-state index contributed by atoms with van der Waals surface area (Å²) >= 11 is 0. The summed E-state index contributed by atoms with van der Waals surface area (Å²) in [5.74, 6) is 0. The van der Waals surface area contributed by atoms with Gasteiger partial charge in [-0.2, -0.15) is 11.1 Å². The van der Waals surface area contributed by atoms with Crippen molar-refractivity contribution in [1.29, 1.82) is 0 Å². The van der Waals surface area contributed by atoms with Gasteiger partial charge in [0.05, 0.1) is 0 Å². The Hall–Kier alpha value is -0.160. The van der Waals surface area contributed by atoms with Gasteiger partial charge in [-0.15, -0.1) is 0 Å². The van der Waals surface area contributed by atoms with Gasteiger partial charge in [-0.25, -0.2) is 10.9 Å². The molecule has 4 heteroatoms. The van der Waals surface area contributed by atoms with Crippen LogP contribution in [-0.4, -0.2) is 13.1 Å². The van der Waals surface area contributed by atoms with Crippen molar-refractivity contribution in [2.45, 2.75) is 142 Å². The van der Waals surface area contributed by atoms with E-state index in [2.05, 4.69) is 35.8 Å². The second kappa shape index (κ2) is 26.8. The summed E-state index contributed by atoms with van der Waals surface area (Å²) < 4.78 is 0. The maximum Gasteiger partial charge on any atom is 0.0113 e. The van der Waals surface area contributed by atoms with Crippen LogP contribution in [0, 0.1) is 0 Å². The molecular formula is C24H54N4. The lowest BCUT2D eigenvalue weighted by Gasteiger charge is -2.11. The van der Waals surface area contributed by atoms with Gasteiger partial charge < -0.3 is 0 Å². The third-order valence-corrected chi connectivity index (χ3v) is 5.55. The molecule has 1 saturated heterocycles. The summed E-state index contributed by atoms with van der Waals surface area (Å²) in [6, 6.07) is 0. The first-order valence-corrected chi connectivity index (χ1v) is 12.9. The summed E-state index contributed by atoms with van der Waals surface area (Å²) in [6.07, 6.45) is 28.4. The van der Waals surface area contributed by atoms with E-state index in [1.807, 2.05) is 0 Å². The summed E-state index contributed by atoms with van der Waals surface area (Å²) in [6.45, 7) is 6.65. The minimum Gasteiger partial charge on any atom is -0.243 e. The van der Waals surface area contributed by atoms with Crippen molar-refractivity contribution in [3.05, 3.63) is 0 Å². The fourth-order valence-electron chi connectivity index (χ4n) is 3.62. The molecule has 0 radical (unpaired) electrons. The number of nitrogens with one attached hydrogen (secondary N) is 4. The SMILES string of the molecule is C1CCCCNNNNCCC1.CCCCCCCCCCCCCCCC. The van der Waals surface area contributed by atoms with Gasteiger partial charge in [-0.05, 0) is 12.8 Å². The maximum atomic E-state index is 3.08. The van der Waals surface area contributed by atoms with E-state index in [1.54, 1.807) is 0 Å². The molecule has 4 nitrogen and oxygen atoms in total. The van der Waals surface area contributed by atoms with E-state index >= 15 is 0 Å². The molecule has 170 valence electrons. The fraction of sp³-hybridized carbons (Fsp3) is 1.00. The normalized spacial score (nSPS) is 16.5. The zero-order chi connectivity index (χ0) is 20.4. The average Bonchev–Trinajstić information content (AvgIpc) is 2.70. The van der Waals surface area contributed by atoms with Crippen LogP contribution >= 0.6 is 0 Å². The number of unbranched alkanes of at least 4 members (excludes halogenated alkanes) is 13. The number of hydrogen-bond acceptors (Lipinski definition) is 4. The summed E-state index contributed by atoms with van der Waals surface area (Å²) in [5, 5.41) is 0. The van der Waals surface area contributed by atoms with E-state index in [1.165, 1.54) is 128 Å². The Balaban J connectivity index is 0.000000540. The van der Waals surface area contributed by atoms with Gasteiger partial charge in [0, 0.05) is 13.1 Å². The Bertz CT molecular complexity index is 204. The maximum absolute atomic E-state index is 3.08. The molecule has 28 heavy (non-hydrogen) atoms. The molecule has 0 amide bonds. The smallest absolute Gasteiger partial charge is 0.0113 e. The molecule has 1 rings (SSSR count). The standard InChI is InChI=1S/C16H34.C8H20N4/c1-3-5-7-9-11-13-15-16-14-12-10-8-6-4-2;1-2-4-6-8-10-12-11-9-7-5-3-1/h3-16H2,1-2H3;9-12H,1-8H2. The van der Waals surface area contributed by atoms with Crippen LogP contribution in [0.4, 0.5) is 0 Å². The van der Waals surface area contributed by atoms with E-state index in [0.29, 0.717) is 0 Å². The Morgan fingerprint density at radius 1 is 0.393 bits per heavy atom. The third kappa shape index (κ3) is 25.8. The Labute approximate surface area is 177 Å². The van der Waals surface area contributed by atoms with Crippen LogP contribution in [0.1, 0.15) is 142 Å². The third-order valence-electron chi connectivity index (χ3n) is 5.55. The molecule has 1 aliphatic heterocycles. The molecule has 4 N–H and O–H groups in total. The Morgan fingerprint density at radius 2 is 0.679 bits per heavy atom. The first-order valence-electron chi connectivity index (χ1n) is 12.9. The molecular weight excluding hydrogens is 344 g/mol. The van der Waals surface area contributed by atoms with E-state index < -0.39 is 0 Å². The number of rotatable bonds is 13. The highest BCUT2D eigenvalue weighted by Crippen LogP contribution is 2.12. The van der Waals surface area contributed by atoms with E-state index in [0.717, 1.165) is 13.1 Å². The van der Waals surface area contributed by atoms with Gasteiger partial charge in [0.25, 0.3) is 0 Å². The van der Waals surface area contributed by atoms with Crippen LogP contribution in [0.25, 0.3) is 0 Å². The van der Waals surface area contributed by atoms with Crippen molar-refractivity contribution in [1.82, 2.24) is 21.9 Å². The summed E-state index contributed by atoms with van der Waals surface area (Å²) in [4.78, 5) is 0.